The van der Waals surface area contributed by atoms with Crippen molar-refractivity contribution in [1.82, 2.24) is 0 Å². The van der Waals surface area contributed by atoms with Gasteiger partial charge in [-0.05, 0) is 109 Å². The van der Waals surface area contributed by atoms with Crippen LogP contribution in [0.3, 0.4) is 0 Å². The molecule has 0 spiro atoms. The van der Waals surface area contributed by atoms with Crippen LogP contribution in [0.2, 0.25) is 0 Å². The third-order valence-electron chi connectivity index (χ3n) is 18.7. The Bertz CT molecular complexity index is 1990. The number of carboxylic acids is 3. The molecule has 8 rings (SSSR count). The molecule has 0 bridgehead atoms. The molecule has 20 heteroatoms. The number of hydrogen-bond acceptors (Lipinski definition) is 17. The highest BCUT2D eigenvalue weighted by molar-refractivity contribution is 5.79. The van der Waals surface area contributed by atoms with E-state index in [1.807, 2.05) is 0 Å². The third-order valence-corrected chi connectivity index (χ3v) is 18.7. The minimum Gasteiger partial charge on any atom is -0.480 e. The number of aliphatic carboxylic acids is 3. The van der Waals surface area contributed by atoms with Gasteiger partial charge in [0.2, 0.25) is 12.6 Å². The average Bonchev–Trinajstić information content (AvgIpc) is 3.24. The van der Waals surface area contributed by atoms with Crippen LogP contribution < -0.4 is 0 Å². The number of ether oxygens (including phenoxy) is 7. The van der Waals surface area contributed by atoms with Crippen molar-refractivity contribution in [3.63, 3.8) is 0 Å². The van der Waals surface area contributed by atoms with E-state index < -0.39 is 128 Å². The normalized spacial score (nSPS) is 49.9. The lowest BCUT2D eigenvalue weighted by molar-refractivity contribution is -0.435. The van der Waals surface area contributed by atoms with Crippen molar-refractivity contribution in [1.29, 1.82) is 0 Å². The molecule has 8 aliphatic rings. The van der Waals surface area contributed by atoms with Gasteiger partial charge in [-0.1, -0.05) is 60.1 Å². The second-order valence-corrected chi connectivity index (χ2v) is 22.9. The van der Waals surface area contributed by atoms with Gasteiger partial charge in [-0.2, -0.15) is 0 Å². The van der Waals surface area contributed by atoms with Gasteiger partial charge in [0.1, 0.15) is 49.3 Å². The van der Waals surface area contributed by atoms with Crippen molar-refractivity contribution >= 4 is 23.9 Å². The zero-order valence-electron chi connectivity index (χ0n) is 39.2. The number of aliphatic hydroxyl groups is 6. The zero-order valence-corrected chi connectivity index (χ0v) is 39.2. The molecule has 9 N–H and O–H groups in total. The molecule has 0 aromatic rings. The van der Waals surface area contributed by atoms with Crippen LogP contribution in [0.15, 0.2) is 11.6 Å². The monoisotopic (exact) mass is 954 g/mol. The molecular weight excluding hydrogens is 884 g/mol. The van der Waals surface area contributed by atoms with E-state index in [1.165, 1.54) is 5.57 Å². The molecule has 1 unspecified atom stereocenters. The Hall–Kier alpha value is -2.86. The van der Waals surface area contributed by atoms with Crippen LogP contribution in [0.4, 0.5) is 0 Å². The van der Waals surface area contributed by atoms with Gasteiger partial charge in [0, 0.05) is 0 Å². The van der Waals surface area contributed by atoms with E-state index in [1.54, 1.807) is 0 Å². The van der Waals surface area contributed by atoms with Gasteiger partial charge in [0.25, 0.3) is 0 Å². The second kappa shape index (κ2) is 17.2. The lowest BCUT2D eigenvalue weighted by atomic mass is 9.33. The first-order valence-electron chi connectivity index (χ1n) is 23.7. The van der Waals surface area contributed by atoms with E-state index in [4.69, 9.17) is 38.3 Å². The Morgan fingerprint density at radius 1 is 0.761 bits per heavy atom. The van der Waals surface area contributed by atoms with Crippen LogP contribution in [0.25, 0.3) is 0 Å². The van der Waals surface area contributed by atoms with Gasteiger partial charge < -0.3 is 79.1 Å². The minimum atomic E-state index is -3.34. The molecule has 20 atom stereocenters. The van der Waals surface area contributed by atoms with Gasteiger partial charge in [0.15, 0.2) is 12.4 Å². The van der Waals surface area contributed by atoms with E-state index in [2.05, 4.69) is 54.5 Å². The van der Waals surface area contributed by atoms with E-state index >= 15 is 0 Å². The standard InChI is InChI=1S/C47H70O20/c1-41(2)14-16-46(39(59)66-36-30(53)29(52)28(51)23(19-48)62-36)17-15-44(6)21(22(46)18-41)8-9-25-43(5)12-11-26(42(3,4)24(43)10-13-45(25,44)7)63-37-31(54)32-33(34(64-37)35(55)56)67-47(60,38(57)58)40(65-32)61-20-27(49)50/h8,22-26,28-34,36-37,40,48,51-54,60H,9-20H2,1-7H3,(H,49,50)(H,55,56)(H,57,58)/t22-,23+,24-,25+,26?,28+,29-,30+,31+,32+,33-,34-,36-,37+,40-,43-,44+,45+,46-,47-/m0/s1. The summed E-state index contributed by atoms with van der Waals surface area (Å²) in [6.45, 7) is 14.0. The molecule has 3 heterocycles. The molecule has 20 nitrogen and oxygen atoms in total. The fourth-order valence-corrected chi connectivity index (χ4v) is 14.7. The number of aliphatic hydroxyl groups excluding tert-OH is 5. The maximum absolute atomic E-state index is 14.7. The summed E-state index contributed by atoms with van der Waals surface area (Å²) in [4.78, 5) is 50.6. The van der Waals surface area contributed by atoms with Gasteiger partial charge in [0.05, 0.1) is 18.1 Å². The van der Waals surface area contributed by atoms with Crippen LogP contribution in [0, 0.1) is 50.2 Å². The number of esters is 1. The van der Waals surface area contributed by atoms with Crippen LogP contribution in [0.1, 0.15) is 113 Å². The van der Waals surface area contributed by atoms with Crippen LogP contribution in [-0.2, 0) is 52.3 Å². The number of rotatable bonds is 10. The van der Waals surface area contributed by atoms with Crippen molar-refractivity contribution in [2.24, 2.45) is 50.2 Å². The zero-order chi connectivity index (χ0) is 49.2. The van der Waals surface area contributed by atoms with Crippen molar-refractivity contribution in [2.45, 2.75) is 192 Å². The van der Waals surface area contributed by atoms with Crippen molar-refractivity contribution in [2.75, 3.05) is 13.2 Å². The number of hydrogen-bond donors (Lipinski definition) is 9. The Balaban J connectivity index is 1.03. The van der Waals surface area contributed by atoms with Crippen molar-refractivity contribution in [3.8, 4) is 0 Å². The summed E-state index contributed by atoms with van der Waals surface area (Å²) in [7, 11) is 0. The Kier molecular flexibility index (Phi) is 13.0. The predicted octanol–water partition coefficient (Wildman–Crippen LogP) is 1.67. The second-order valence-electron chi connectivity index (χ2n) is 22.9. The van der Waals surface area contributed by atoms with Gasteiger partial charge in [-0.25, -0.2) is 14.4 Å². The van der Waals surface area contributed by atoms with E-state index in [0.717, 1.165) is 32.1 Å². The quantitative estimate of drug-likeness (QED) is 0.0854. The molecule has 0 aromatic carbocycles. The number of fused-ring (bicyclic) bond motifs is 8. The van der Waals surface area contributed by atoms with E-state index in [0.29, 0.717) is 32.1 Å². The summed E-state index contributed by atoms with van der Waals surface area (Å²) in [5, 5.41) is 93.2. The Labute approximate surface area is 388 Å². The molecule has 7 fully saturated rings. The maximum Gasteiger partial charge on any atom is 0.369 e. The predicted molar refractivity (Wildman–Crippen MR) is 226 cm³/mol. The fourth-order valence-electron chi connectivity index (χ4n) is 14.7. The van der Waals surface area contributed by atoms with Crippen LogP contribution in [-0.4, -0.2) is 163 Å². The Morgan fingerprint density at radius 3 is 2.09 bits per heavy atom. The highest BCUT2D eigenvalue weighted by atomic mass is 16.8. The minimum absolute atomic E-state index is 0.0811. The lowest BCUT2D eigenvalue weighted by Gasteiger charge is -2.71. The molecule has 4 saturated carbocycles. The molecule has 3 aliphatic heterocycles. The average molecular weight is 955 g/mol. The lowest BCUT2D eigenvalue weighted by Crippen LogP contribution is -2.72. The van der Waals surface area contributed by atoms with Crippen molar-refractivity contribution < 1.29 is 98.3 Å². The summed E-state index contributed by atoms with van der Waals surface area (Å²) in [5.41, 5.74) is -1.07. The fraction of sp³-hybridized carbons (Fsp3) is 0.872. The molecule has 0 radical (unpaired) electrons. The van der Waals surface area contributed by atoms with E-state index in [-0.39, 0.29) is 39.4 Å². The molecule has 378 valence electrons. The summed E-state index contributed by atoms with van der Waals surface area (Å²) < 4.78 is 40.0. The van der Waals surface area contributed by atoms with Crippen LogP contribution >= 0.6 is 0 Å². The summed E-state index contributed by atoms with van der Waals surface area (Å²) >= 11 is 0. The molecule has 0 aromatic heterocycles. The first-order valence-corrected chi connectivity index (χ1v) is 23.7. The number of carbonyl (C=O) groups excluding carboxylic acids is 1. The first kappa shape index (κ1) is 50.5. The summed E-state index contributed by atoms with van der Waals surface area (Å²) in [6.07, 6.45) is -10.2. The molecular formula is C47H70O20. The van der Waals surface area contributed by atoms with Crippen molar-refractivity contribution in [3.05, 3.63) is 11.6 Å². The summed E-state index contributed by atoms with van der Waals surface area (Å²) in [6, 6.07) is 0. The molecule has 5 aliphatic carbocycles. The summed E-state index contributed by atoms with van der Waals surface area (Å²) in [5.74, 6) is -8.93. The Morgan fingerprint density at radius 2 is 1.45 bits per heavy atom. The first-order chi connectivity index (χ1) is 31.1. The molecule has 0 amide bonds. The molecule has 3 saturated heterocycles. The highest BCUT2D eigenvalue weighted by Gasteiger charge is 2.71. The smallest absolute Gasteiger partial charge is 0.369 e. The largest absolute Gasteiger partial charge is 0.480 e. The van der Waals surface area contributed by atoms with Crippen LogP contribution in [0.5, 0.6) is 0 Å². The third kappa shape index (κ3) is 7.78. The van der Waals surface area contributed by atoms with E-state index in [9.17, 15) is 60.0 Å². The SMILES string of the molecule is CC1(C)CC[C@]2(C(=O)O[C@@H]3O[C@H](CO)[C@@H](O)[C@H](O)[C@H]3O)CC[C@]3(C)C(=CC[C@@H]4[C@@]5(C)CCC(O[C@@H]6O[C@H](C(=O)O)[C@H]7O[C@@](O)(C(=O)O)[C@@H](OCC(=O)O)O[C@@H]7[C@H]6O)C(C)(C)[C@@H]5CC[C@]43C)[C@@H]2C1. The topological polar surface area (TPSA) is 315 Å². The maximum atomic E-state index is 14.7. The number of carboxylic acid groups (broad SMARTS) is 3. The number of allylic oxidation sites excluding steroid dienone is 2. The van der Waals surface area contributed by atoms with Gasteiger partial charge in [-0.15, -0.1) is 0 Å². The highest BCUT2D eigenvalue weighted by Crippen LogP contribution is 2.76. The van der Waals surface area contributed by atoms with Gasteiger partial charge in [-0.3, -0.25) is 4.79 Å². The molecule has 67 heavy (non-hydrogen) atoms. The number of carbonyl (C=O) groups is 4. The van der Waals surface area contributed by atoms with Gasteiger partial charge >= 0.3 is 29.7 Å².